The summed E-state index contributed by atoms with van der Waals surface area (Å²) in [5.41, 5.74) is 6.63. The van der Waals surface area contributed by atoms with Crippen LogP contribution in [-0.4, -0.2) is 16.4 Å². The molecule has 126 valence electrons. The third kappa shape index (κ3) is 3.92. The second kappa shape index (κ2) is 7.01. The van der Waals surface area contributed by atoms with Gasteiger partial charge >= 0.3 is 0 Å². The van der Waals surface area contributed by atoms with Crippen molar-refractivity contribution in [2.24, 2.45) is 11.7 Å². The lowest BCUT2D eigenvalue weighted by Crippen LogP contribution is -2.51. The summed E-state index contributed by atoms with van der Waals surface area (Å²) in [6.45, 7) is 1.97. The Morgan fingerprint density at radius 1 is 1.17 bits per heavy atom. The second-order valence-corrected chi connectivity index (χ2v) is 6.60. The first-order valence-electron chi connectivity index (χ1n) is 8.32. The van der Waals surface area contributed by atoms with Crippen LogP contribution in [0.5, 0.6) is 11.5 Å². The van der Waals surface area contributed by atoms with Crippen LogP contribution in [0.15, 0.2) is 48.8 Å². The third-order valence-electron chi connectivity index (χ3n) is 4.58. The molecule has 5 nitrogen and oxygen atoms in total. The van der Waals surface area contributed by atoms with Crippen LogP contribution in [0, 0.1) is 5.92 Å². The molecule has 1 aliphatic rings. The number of nitrogens with one attached hydrogen (secondary N) is 1. The summed E-state index contributed by atoms with van der Waals surface area (Å²) in [6.07, 6.45) is 7.25. The van der Waals surface area contributed by atoms with Crippen LogP contribution in [0.3, 0.4) is 0 Å². The van der Waals surface area contributed by atoms with Crippen LogP contribution in [0.4, 0.5) is 5.69 Å². The number of carbonyl (C=O) groups is 1. The Morgan fingerprint density at radius 3 is 2.50 bits per heavy atom. The minimum Gasteiger partial charge on any atom is -0.457 e. The van der Waals surface area contributed by atoms with Gasteiger partial charge in [0.25, 0.3) is 0 Å². The standard InChI is InChI=1S/C19H23N3O2/c1-19(20)11-3-2-4-17(19)18(23)22-14-5-7-15(8-6-14)24-16-9-12-21-13-10-16/h5-10,12-13,17H,2-4,11,20H2,1H3,(H,22,23). The summed E-state index contributed by atoms with van der Waals surface area (Å²) in [7, 11) is 0. The highest BCUT2D eigenvalue weighted by molar-refractivity contribution is 5.93. The first kappa shape index (κ1) is 16.5. The molecule has 1 fully saturated rings. The SMILES string of the molecule is CC1(N)CCCCC1C(=O)Nc1ccc(Oc2ccncc2)cc1. The minimum atomic E-state index is -0.424. The molecule has 3 N–H and O–H groups in total. The number of anilines is 1. The number of hydrogen-bond donors (Lipinski definition) is 2. The molecule has 2 atom stereocenters. The molecule has 1 heterocycles. The minimum absolute atomic E-state index is 0.00232. The zero-order chi connectivity index (χ0) is 17.0. The Balaban J connectivity index is 1.62. The van der Waals surface area contributed by atoms with Gasteiger partial charge in [-0.2, -0.15) is 0 Å². The molecule has 0 spiro atoms. The van der Waals surface area contributed by atoms with Gasteiger partial charge in [0, 0.05) is 23.6 Å². The van der Waals surface area contributed by atoms with E-state index in [1.807, 2.05) is 31.2 Å². The normalized spacial score (nSPS) is 23.5. The molecule has 5 heteroatoms. The largest absolute Gasteiger partial charge is 0.457 e. The summed E-state index contributed by atoms with van der Waals surface area (Å²) in [5, 5.41) is 2.97. The number of pyridine rings is 1. The van der Waals surface area contributed by atoms with Crippen molar-refractivity contribution in [1.29, 1.82) is 0 Å². The molecule has 3 rings (SSSR count). The van der Waals surface area contributed by atoms with Gasteiger partial charge in [0.15, 0.2) is 0 Å². The Morgan fingerprint density at radius 2 is 1.83 bits per heavy atom. The van der Waals surface area contributed by atoms with Crippen LogP contribution >= 0.6 is 0 Å². The fourth-order valence-corrected chi connectivity index (χ4v) is 3.17. The van der Waals surface area contributed by atoms with Crippen molar-refractivity contribution in [1.82, 2.24) is 4.98 Å². The first-order valence-corrected chi connectivity index (χ1v) is 8.32. The summed E-state index contributed by atoms with van der Waals surface area (Å²) in [6, 6.07) is 10.9. The van der Waals surface area contributed by atoms with E-state index in [9.17, 15) is 4.79 Å². The molecule has 0 bridgehead atoms. The van der Waals surface area contributed by atoms with Crippen LogP contribution < -0.4 is 15.8 Å². The van der Waals surface area contributed by atoms with Gasteiger partial charge in [0.1, 0.15) is 11.5 Å². The molecule has 0 saturated heterocycles. The average Bonchev–Trinajstić information content (AvgIpc) is 2.57. The summed E-state index contributed by atoms with van der Waals surface area (Å²) < 4.78 is 5.72. The van der Waals surface area contributed by atoms with Crippen molar-refractivity contribution < 1.29 is 9.53 Å². The van der Waals surface area contributed by atoms with E-state index in [1.165, 1.54) is 0 Å². The van der Waals surface area contributed by atoms with Crippen molar-refractivity contribution in [3.8, 4) is 11.5 Å². The van der Waals surface area contributed by atoms with Crippen molar-refractivity contribution in [2.75, 3.05) is 5.32 Å². The molecular formula is C19H23N3O2. The number of ether oxygens (including phenoxy) is 1. The van der Waals surface area contributed by atoms with E-state index in [0.717, 1.165) is 37.1 Å². The number of nitrogens with two attached hydrogens (primary N) is 1. The number of aromatic nitrogens is 1. The van der Waals surface area contributed by atoms with Crippen LogP contribution in [-0.2, 0) is 4.79 Å². The van der Waals surface area contributed by atoms with E-state index in [0.29, 0.717) is 5.75 Å². The van der Waals surface area contributed by atoms with E-state index < -0.39 is 5.54 Å². The van der Waals surface area contributed by atoms with Crippen molar-refractivity contribution in [2.45, 2.75) is 38.1 Å². The number of rotatable bonds is 4. The van der Waals surface area contributed by atoms with Gasteiger partial charge in [-0.3, -0.25) is 9.78 Å². The summed E-state index contributed by atoms with van der Waals surface area (Å²) in [4.78, 5) is 16.5. The van der Waals surface area contributed by atoms with Gasteiger partial charge in [-0.25, -0.2) is 0 Å². The molecule has 0 aliphatic heterocycles. The Bertz CT molecular complexity index is 684. The predicted octanol–water partition coefficient (Wildman–Crippen LogP) is 3.72. The molecule has 1 aromatic heterocycles. The Hall–Kier alpha value is -2.40. The zero-order valence-corrected chi connectivity index (χ0v) is 13.9. The molecule has 1 amide bonds. The first-order chi connectivity index (χ1) is 11.5. The van der Waals surface area contributed by atoms with E-state index >= 15 is 0 Å². The van der Waals surface area contributed by atoms with E-state index in [1.54, 1.807) is 24.5 Å². The quantitative estimate of drug-likeness (QED) is 0.898. The van der Waals surface area contributed by atoms with Crippen molar-refractivity contribution in [3.05, 3.63) is 48.8 Å². The van der Waals surface area contributed by atoms with Crippen molar-refractivity contribution in [3.63, 3.8) is 0 Å². The van der Waals surface area contributed by atoms with E-state index in [-0.39, 0.29) is 11.8 Å². The maximum absolute atomic E-state index is 12.5. The molecular weight excluding hydrogens is 302 g/mol. The highest BCUT2D eigenvalue weighted by Gasteiger charge is 2.37. The van der Waals surface area contributed by atoms with Gasteiger partial charge in [-0.05, 0) is 56.2 Å². The molecule has 24 heavy (non-hydrogen) atoms. The van der Waals surface area contributed by atoms with Gasteiger partial charge in [-0.1, -0.05) is 12.8 Å². The highest BCUT2D eigenvalue weighted by Crippen LogP contribution is 2.32. The number of hydrogen-bond acceptors (Lipinski definition) is 4. The second-order valence-electron chi connectivity index (χ2n) is 6.60. The smallest absolute Gasteiger partial charge is 0.229 e. The lowest BCUT2D eigenvalue weighted by Gasteiger charge is -2.37. The van der Waals surface area contributed by atoms with Crippen LogP contribution in [0.1, 0.15) is 32.6 Å². The van der Waals surface area contributed by atoms with Gasteiger partial charge < -0.3 is 15.8 Å². The molecule has 1 aliphatic carbocycles. The Kier molecular flexibility index (Phi) is 4.81. The van der Waals surface area contributed by atoms with E-state index in [4.69, 9.17) is 10.5 Å². The van der Waals surface area contributed by atoms with Crippen LogP contribution in [0.25, 0.3) is 0 Å². The fourth-order valence-electron chi connectivity index (χ4n) is 3.17. The number of nitrogens with zero attached hydrogens (tertiary/aromatic N) is 1. The zero-order valence-electron chi connectivity index (χ0n) is 13.9. The third-order valence-corrected chi connectivity index (χ3v) is 4.58. The summed E-state index contributed by atoms with van der Waals surface area (Å²) in [5.74, 6) is 1.30. The molecule has 2 unspecified atom stereocenters. The molecule has 2 aromatic rings. The van der Waals surface area contributed by atoms with E-state index in [2.05, 4.69) is 10.3 Å². The van der Waals surface area contributed by atoms with Gasteiger partial charge in [-0.15, -0.1) is 0 Å². The van der Waals surface area contributed by atoms with Gasteiger partial charge in [0.2, 0.25) is 5.91 Å². The lowest BCUT2D eigenvalue weighted by atomic mass is 9.74. The lowest BCUT2D eigenvalue weighted by molar-refractivity contribution is -0.122. The predicted molar refractivity (Wildman–Crippen MR) is 93.9 cm³/mol. The maximum Gasteiger partial charge on any atom is 0.229 e. The van der Waals surface area contributed by atoms with Crippen LogP contribution in [0.2, 0.25) is 0 Å². The fraction of sp³-hybridized carbons (Fsp3) is 0.368. The Labute approximate surface area is 142 Å². The van der Waals surface area contributed by atoms with Crippen molar-refractivity contribution >= 4 is 11.6 Å². The topological polar surface area (TPSA) is 77.2 Å². The highest BCUT2D eigenvalue weighted by atomic mass is 16.5. The number of carbonyl (C=O) groups excluding carboxylic acids is 1. The average molecular weight is 325 g/mol. The number of amides is 1. The molecule has 1 aromatic carbocycles. The molecule has 0 radical (unpaired) electrons. The summed E-state index contributed by atoms with van der Waals surface area (Å²) >= 11 is 0. The molecule has 1 saturated carbocycles. The maximum atomic E-state index is 12.5. The number of benzene rings is 1. The van der Waals surface area contributed by atoms with Gasteiger partial charge in [0.05, 0.1) is 5.92 Å². The monoisotopic (exact) mass is 325 g/mol.